The number of hydrogen-bond acceptors (Lipinski definition) is 5. The third-order valence-corrected chi connectivity index (χ3v) is 7.45. The van der Waals surface area contributed by atoms with E-state index in [1.54, 1.807) is 47.0 Å². The molecule has 2 N–H and O–H groups in total. The Hall–Kier alpha value is -4.08. The molecule has 2 amide bonds. The number of rotatable bonds is 5. The summed E-state index contributed by atoms with van der Waals surface area (Å²) in [7, 11) is 3.19. The van der Waals surface area contributed by atoms with Crippen molar-refractivity contribution in [3.8, 4) is 39.6 Å². The van der Waals surface area contributed by atoms with E-state index in [-0.39, 0.29) is 23.8 Å². The zero-order valence-electron chi connectivity index (χ0n) is 23.0. The van der Waals surface area contributed by atoms with Crippen LogP contribution in [0.5, 0.6) is 11.5 Å². The molecule has 2 heterocycles. The molecule has 0 bridgehead atoms. The number of nitrogens with two attached hydrogens (primary N) is 1. The highest BCUT2D eigenvalue weighted by molar-refractivity contribution is 6.34. The van der Waals surface area contributed by atoms with E-state index >= 15 is 0 Å². The molecule has 0 radical (unpaired) electrons. The average Bonchev–Trinajstić information content (AvgIpc) is 3.30. The Kier molecular flexibility index (Phi) is 7.21. The van der Waals surface area contributed by atoms with Gasteiger partial charge in [0.25, 0.3) is 5.91 Å². The molecule has 1 aliphatic heterocycles. The van der Waals surface area contributed by atoms with Gasteiger partial charge in [-0.1, -0.05) is 23.2 Å². The number of primary amides is 1. The second kappa shape index (κ2) is 10.4. The van der Waals surface area contributed by atoms with Gasteiger partial charge in [-0.15, -0.1) is 0 Å². The van der Waals surface area contributed by atoms with Crippen molar-refractivity contribution in [3.63, 3.8) is 0 Å². The fourth-order valence-corrected chi connectivity index (χ4v) is 5.16. The maximum absolute atomic E-state index is 14.6. The van der Waals surface area contributed by atoms with Crippen molar-refractivity contribution >= 4 is 35.0 Å². The summed E-state index contributed by atoms with van der Waals surface area (Å²) in [6.45, 7) is 5.84. The van der Waals surface area contributed by atoms with Crippen molar-refractivity contribution in [1.29, 1.82) is 0 Å². The van der Waals surface area contributed by atoms with Gasteiger partial charge < -0.3 is 20.1 Å². The van der Waals surface area contributed by atoms with E-state index in [1.807, 2.05) is 20.8 Å². The summed E-state index contributed by atoms with van der Waals surface area (Å²) in [5.41, 5.74) is 8.25. The van der Waals surface area contributed by atoms with Gasteiger partial charge in [-0.3, -0.25) is 9.59 Å². The van der Waals surface area contributed by atoms with Crippen LogP contribution in [0.2, 0.25) is 10.0 Å². The fourth-order valence-electron chi connectivity index (χ4n) is 4.64. The highest BCUT2D eigenvalue weighted by atomic mass is 35.5. The average molecular weight is 597 g/mol. The van der Waals surface area contributed by atoms with Gasteiger partial charge in [-0.05, 0) is 68.8 Å². The molecular weight excluding hydrogens is 570 g/mol. The second-order valence-electron chi connectivity index (χ2n) is 10.7. The van der Waals surface area contributed by atoms with Crippen molar-refractivity contribution in [3.05, 3.63) is 81.2 Å². The Bertz CT molecular complexity index is 1710. The zero-order chi connectivity index (χ0) is 29.8. The highest BCUT2D eigenvalue weighted by Gasteiger charge is 2.35. The molecule has 0 aliphatic carbocycles. The van der Waals surface area contributed by atoms with E-state index in [9.17, 15) is 14.0 Å². The number of amides is 2. The summed E-state index contributed by atoms with van der Waals surface area (Å²) < 4.78 is 27.9. The quantitative estimate of drug-likeness (QED) is 0.282. The van der Waals surface area contributed by atoms with Gasteiger partial charge >= 0.3 is 0 Å². The molecule has 0 spiro atoms. The third-order valence-electron chi connectivity index (χ3n) is 7.01. The number of ether oxygens (including phenoxy) is 2. The number of hydrogen-bond donors (Lipinski definition) is 1. The molecule has 5 rings (SSSR count). The van der Waals surface area contributed by atoms with Gasteiger partial charge in [0, 0.05) is 51.0 Å². The van der Waals surface area contributed by atoms with Crippen LogP contribution < -0.4 is 15.2 Å². The molecule has 11 heteroatoms. The Labute approximate surface area is 246 Å². The van der Waals surface area contributed by atoms with Crippen molar-refractivity contribution in [1.82, 2.24) is 14.7 Å². The molecular formula is C30H27Cl2FN4O4. The molecule has 8 nitrogen and oxygen atoms in total. The predicted molar refractivity (Wildman–Crippen MR) is 156 cm³/mol. The Morgan fingerprint density at radius 2 is 1.73 bits per heavy atom. The van der Waals surface area contributed by atoms with E-state index in [2.05, 4.69) is 0 Å². The minimum atomic E-state index is -0.768. The minimum absolute atomic E-state index is 0.00780. The van der Waals surface area contributed by atoms with Crippen molar-refractivity contribution in [2.45, 2.75) is 32.9 Å². The topological polar surface area (TPSA) is 99.7 Å². The number of nitrogens with zero attached hydrogens (tertiary/aromatic N) is 3. The number of methoxy groups -OCH3 is 1. The first-order valence-corrected chi connectivity index (χ1v) is 13.4. The van der Waals surface area contributed by atoms with E-state index in [0.717, 1.165) is 6.07 Å². The smallest absolute Gasteiger partial charge is 0.274 e. The largest absolute Gasteiger partial charge is 0.496 e. The molecule has 0 saturated carbocycles. The molecule has 0 atom stereocenters. The zero-order valence-corrected chi connectivity index (χ0v) is 24.5. The van der Waals surface area contributed by atoms with Crippen LogP contribution in [0.25, 0.3) is 28.1 Å². The number of carbonyl (C=O) groups is 2. The van der Waals surface area contributed by atoms with E-state index in [4.69, 9.17) is 43.5 Å². The first-order valence-electron chi connectivity index (χ1n) is 12.6. The molecule has 0 saturated heterocycles. The normalized spacial score (nSPS) is 12.3. The lowest BCUT2D eigenvalue weighted by molar-refractivity contribution is 0.0646. The maximum atomic E-state index is 14.6. The SMILES string of the molecule is COc1cc2c(cc1-c1cc(F)cc(C(N)=O)c1)-c1c(c(C(=O)N(C)C(C)(C)C)nn1-c1cc(Cl)cc(Cl)c1)CO2. The Morgan fingerprint density at radius 1 is 1.05 bits per heavy atom. The Balaban J connectivity index is 1.80. The minimum Gasteiger partial charge on any atom is -0.496 e. The van der Waals surface area contributed by atoms with Crippen LogP contribution in [0.4, 0.5) is 4.39 Å². The lowest BCUT2D eigenvalue weighted by atomic mass is 9.94. The first-order chi connectivity index (χ1) is 19.3. The monoisotopic (exact) mass is 596 g/mol. The van der Waals surface area contributed by atoms with E-state index < -0.39 is 17.3 Å². The van der Waals surface area contributed by atoms with Crippen LogP contribution in [-0.2, 0) is 6.61 Å². The van der Waals surface area contributed by atoms with Crippen LogP contribution in [0.3, 0.4) is 0 Å². The number of fused-ring (bicyclic) bond motifs is 3. The van der Waals surface area contributed by atoms with Gasteiger partial charge in [0.05, 0.1) is 18.5 Å². The summed E-state index contributed by atoms with van der Waals surface area (Å²) in [4.78, 5) is 27.2. The maximum Gasteiger partial charge on any atom is 0.274 e. The van der Waals surface area contributed by atoms with Crippen LogP contribution in [0.1, 0.15) is 47.2 Å². The van der Waals surface area contributed by atoms with Crippen LogP contribution in [0, 0.1) is 5.82 Å². The Morgan fingerprint density at radius 3 is 2.34 bits per heavy atom. The van der Waals surface area contributed by atoms with Gasteiger partial charge in [0.1, 0.15) is 23.9 Å². The van der Waals surface area contributed by atoms with E-state index in [0.29, 0.717) is 55.2 Å². The van der Waals surface area contributed by atoms with Crippen LogP contribution in [0.15, 0.2) is 48.5 Å². The van der Waals surface area contributed by atoms with Crippen LogP contribution >= 0.6 is 23.2 Å². The fraction of sp³-hybridized carbons (Fsp3) is 0.233. The van der Waals surface area contributed by atoms with Gasteiger partial charge in [-0.2, -0.15) is 5.10 Å². The first kappa shape index (κ1) is 28.4. The second-order valence-corrected chi connectivity index (χ2v) is 11.6. The third kappa shape index (κ3) is 5.23. The van der Waals surface area contributed by atoms with Gasteiger partial charge in [0.15, 0.2) is 5.69 Å². The molecule has 4 aromatic rings. The lowest BCUT2D eigenvalue weighted by Crippen LogP contribution is -2.43. The van der Waals surface area contributed by atoms with Gasteiger partial charge in [-0.25, -0.2) is 9.07 Å². The van der Waals surface area contributed by atoms with Gasteiger partial charge in [0.2, 0.25) is 5.91 Å². The summed E-state index contributed by atoms with van der Waals surface area (Å²) in [6.07, 6.45) is 0. The molecule has 1 aliphatic rings. The van der Waals surface area contributed by atoms with E-state index in [1.165, 1.54) is 19.2 Å². The summed E-state index contributed by atoms with van der Waals surface area (Å²) in [5.74, 6) is -0.853. The molecule has 0 fully saturated rings. The molecule has 3 aromatic carbocycles. The number of aromatic nitrogens is 2. The van der Waals surface area contributed by atoms with Crippen molar-refractivity contribution in [2.24, 2.45) is 5.73 Å². The standard InChI is InChI=1S/C30H27Cl2FN4O4/c1-30(2,3)36(4)29(39)26-23-14-41-25-13-24(40-5)21(15-6-16(28(34)38)8-19(33)7-15)12-22(25)27(23)37(35-26)20-10-17(31)9-18(32)11-20/h6-13H,14H2,1-5H3,(H2,34,38). The molecule has 41 heavy (non-hydrogen) atoms. The lowest BCUT2D eigenvalue weighted by Gasteiger charge is -2.31. The van der Waals surface area contributed by atoms with Crippen molar-refractivity contribution < 1.29 is 23.5 Å². The molecule has 212 valence electrons. The molecule has 0 unspecified atom stereocenters. The number of benzene rings is 3. The summed E-state index contributed by atoms with van der Waals surface area (Å²) >= 11 is 12.7. The number of carbonyl (C=O) groups excluding carboxylic acids is 2. The summed E-state index contributed by atoms with van der Waals surface area (Å²) in [6, 6.07) is 12.2. The number of halogens is 3. The summed E-state index contributed by atoms with van der Waals surface area (Å²) in [5, 5.41) is 5.52. The molecule has 1 aromatic heterocycles. The van der Waals surface area contributed by atoms with Crippen molar-refractivity contribution in [2.75, 3.05) is 14.2 Å². The van der Waals surface area contributed by atoms with Crippen LogP contribution in [-0.4, -0.2) is 46.2 Å². The highest BCUT2D eigenvalue weighted by Crippen LogP contribution is 2.46. The predicted octanol–water partition coefficient (Wildman–Crippen LogP) is 6.52.